The number of aryl methyl sites for hydroxylation is 1. The number of benzene rings is 2. The molecule has 0 spiro atoms. The second kappa shape index (κ2) is 12.8. The zero-order chi connectivity index (χ0) is 30.8. The van der Waals surface area contributed by atoms with Crippen molar-refractivity contribution in [3.63, 3.8) is 0 Å². The van der Waals surface area contributed by atoms with Crippen LogP contribution < -0.4 is 14.5 Å². The Labute approximate surface area is 260 Å². The van der Waals surface area contributed by atoms with Gasteiger partial charge in [-0.05, 0) is 63.4 Å². The van der Waals surface area contributed by atoms with E-state index < -0.39 is 0 Å². The maximum Gasteiger partial charge on any atom is 0.318 e. The molecule has 3 heterocycles. The summed E-state index contributed by atoms with van der Waals surface area (Å²) in [4.78, 5) is 31.4. The van der Waals surface area contributed by atoms with Crippen molar-refractivity contribution >= 4 is 28.2 Å². The van der Waals surface area contributed by atoms with Crippen molar-refractivity contribution in [2.75, 3.05) is 56.7 Å². The fourth-order valence-electron chi connectivity index (χ4n) is 7.50. The summed E-state index contributed by atoms with van der Waals surface area (Å²) in [7, 11) is 4.29. The molecule has 2 fully saturated rings. The van der Waals surface area contributed by atoms with Crippen LogP contribution in [-0.4, -0.2) is 84.6 Å². The van der Waals surface area contributed by atoms with E-state index in [1.807, 2.05) is 0 Å². The van der Waals surface area contributed by atoms with Gasteiger partial charge in [-0.2, -0.15) is 15.2 Å². The van der Waals surface area contributed by atoms with E-state index in [0.29, 0.717) is 50.8 Å². The van der Waals surface area contributed by atoms with E-state index in [-0.39, 0.29) is 18.4 Å². The van der Waals surface area contributed by atoms with Crippen LogP contribution in [0.15, 0.2) is 49.1 Å². The monoisotopic (exact) mass is 593 g/mol. The van der Waals surface area contributed by atoms with Crippen molar-refractivity contribution in [1.82, 2.24) is 19.8 Å². The number of rotatable bonds is 8. The molecule has 0 radical (unpaired) electrons. The zero-order valence-corrected chi connectivity index (χ0v) is 26.2. The number of fused-ring (bicyclic) bond motifs is 2. The van der Waals surface area contributed by atoms with Crippen LogP contribution in [0.5, 0.6) is 6.01 Å². The molecule has 9 heteroatoms. The summed E-state index contributed by atoms with van der Waals surface area (Å²) in [6.07, 6.45) is 5.93. The van der Waals surface area contributed by atoms with Crippen molar-refractivity contribution in [3.8, 4) is 12.1 Å². The van der Waals surface area contributed by atoms with Gasteiger partial charge in [-0.25, -0.2) is 0 Å². The summed E-state index contributed by atoms with van der Waals surface area (Å²) in [5.41, 5.74) is 4.61. The second-order valence-electron chi connectivity index (χ2n) is 12.6. The molecule has 1 aromatic heterocycles. The summed E-state index contributed by atoms with van der Waals surface area (Å²) in [6.45, 7) is 9.62. The van der Waals surface area contributed by atoms with Crippen molar-refractivity contribution in [2.24, 2.45) is 5.92 Å². The summed E-state index contributed by atoms with van der Waals surface area (Å²) >= 11 is 0. The van der Waals surface area contributed by atoms with Crippen LogP contribution >= 0.6 is 0 Å². The third kappa shape index (κ3) is 5.83. The molecule has 3 aromatic rings. The standard InChI is InChI=1S/C35H43N7O2/c1-5-32(43)42-20-19-41(21-27(42)15-17-36)34-28-16-18-40(31-14-7-11-25-10-6-9-24(2)33(25)31)22-29(28)37-35(38-34)44-23-26-12-8-13-30(26)39(3)4/h5-7,9-11,14,26-27,30H,1,8,12-13,15-16,18-23H2,2-4H3/t26-,27+,30+/m1/s1. The summed E-state index contributed by atoms with van der Waals surface area (Å²) in [6, 6.07) is 15.9. The van der Waals surface area contributed by atoms with Gasteiger partial charge in [0, 0.05) is 54.8 Å². The maximum atomic E-state index is 12.6. The van der Waals surface area contributed by atoms with Crippen molar-refractivity contribution < 1.29 is 9.53 Å². The van der Waals surface area contributed by atoms with E-state index in [0.717, 1.165) is 36.5 Å². The highest BCUT2D eigenvalue weighted by atomic mass is 16.5. The highest BCUT2D eigenvalue weighted by Gasteiger charge is 2.34. The fourth-order valence-corrected chi connectivity index (χ4v) is 7.50. The number of anilines is 2. The Balaban J connectivity index is 1.34. The number of hydrogen-bond donors (Lipinski definition) is 0. The van der Waals surface area contributed by atoms with Gasteiger partial charge >= 0.3 is 6.01 Å². The molecule has 44 heavy (non-hydrogen) atoms. The van der Waals surface area contributed by atoms with Crippen molar-refractivity contribution in [3.05, 3.63) is 65.9 Å². The van der Waals surface area contributed by atoms with Gasteiger partial charge in [-0.15, -0.1) is 0 Å². The number of carbonyl (C=O) groups excluding carboxylic acids is 1. The normalized spacial score (nSPS) is 21.8. The third-order valence-electron chi connectivity index (χ3n) is 9.73. The molecule has 0 bridgehead atoms. The van der Waals surface area contributed by atoms with Gasteiger partial charge < -0.3 is 24.3 Å². The van der Waals surface area contributed by atoms with E-state index in [9.17, 15) is 10.1 Å². The molecule has 1 amide bonds. The van der Waals surface area contributed by atoms with Crippen LogP contribution in [-0.2, 0) is 17.8 Å². The fraction of sp³-hybridized carbons (Fsp3) is 0.486. The number of carbonyl (C=O) groups is 1. The zero-order valence-electron chi connectivity index (χ0n) is 26.2. The lowest BCUT2D eigenvalue weighted by molar-refractivity contribution is -0.128. The lowest BCUT2D eigenvalue weighted by Crippen LogP contribution is -2.55. The predicted octanol–water partition coefficient (Wildman–Crippen LogP) is 4.73. The van der Waals surface area contributed by atoms with E-state index in [1.165, 1.54) is 40.9 Å². The summed E-state index contributed by atoms with van der Waals surface area (Å²) in [5.74, 6) is 1.19. The molecule has 9 nitrogen and oxygen atoms in total. The number of hydrogen-bond acceptors (Lipinski definition) is 8. The van der Waals surface area contributed by atoms with Gasteiger partial charge in [0.15, 0.2) is 0 Å². The number of amides is 1. The second-order valence-corrected chi connectivity index (χ2v) is 12.6. The average Bonchev–Trinajstić information content (AvgIpc) is 3.52. The lowest BCUT2D eigenvalue weighted by Gasteiger charge is -2.42. The minimum absolute atomic E-state index is 0.133. The van der Waals surface area contributed by atoms with Crippen LogP contribution in [0.2, 0.25) is 0 Å². The Morgan fingerprint density at radius 1 is 1.14 bits per heavy atom. The van der Waals surface area contributed by atoms with Crippen LogP contribution in [0.4, 0.5) is 11.5 Å². The number of nitrogens with zero attached hydrogens (tertiary/aromatic N) is 7. The topological polar surface area (TPSA) is 88.8 Å². The smallest absolute Gasteiger partial charge is 0.318 e. The molecule has 1 saturated carbocycles. The van der Waals surface area contributed by atoms with E-state index >= 15 is 0 Å². The van der Waals surface area contributed by atoms with Crippen LogP contribution in [0, 0.1) is 24.2 Å². The molecule has 0 unspecified atom stereocenters. The predicted molar refractivity (Wildman–Crippen MR) is 174 cm³/mol. The minimum Gasteiger partial charge on any atom is -0.463 e. The Morgan fingerprint density at radius 2 is 1.95 bits per heavy atom. The highest BCUT2D eigenvalue weighted by Crippen LogP contribution is 2.36. The molecule has 1 saturated heterocycles. The van der Waals surface area contributed by atoms with E-state index in [1.54, 1.807) is 4.90 Å². The van der Waals surface area contributed by atoms with Gasteiger partial charge in [0.25, 0.3) is 0 Å². The Hall–Kier alpha value is -4.16. The van der Waals surface area contributed by atoms with Crippen molar-refractivity contribution in [2.45, 2.75) is 57.7 Å². The molecular formula is C35H43N7O2. The number of piperazine rings is 1. The molecular weight excluding hydrogens is 550 g/mol. The first-order chi connectivity index (χ1) is 21.4. The van der Waals surface area contributed by atoms with Gasteiger partial charge in [0.2, 0.25) is 5.91 Å². The largest absolute Gasteiger partial charge is 0.463 e. The van der Waals surface area contributed by atoms with Gasteiger partial charge in [0.05, 0.1) is 37.4 Å². The first-order valence-electron chi connectivity index (χ1n) is 15.8. The van der Waals surface area contributed by atoms with Crippen LogP contribution in [0.3, 0.4) is 0 Å². The van der Waals surface area contributed by atoms with Gasteiger partial charge in [0.1, 0.15) is 5.82 Å². The van der Waals surface area contributed by atoms with E-state index in [2.05, 4.69) is 84.8 Å². The maximum absolute atomic E-state index is 12.6. The molecule has 3 aliphatic rings. The first-order valence-corrected chi connectivity index (χ1v) is 15.8. The average molecular weight is 594 g/mol. The number of ether oxygens (including phenoxy) is 1. The molecule has 6 rings (SSSR count). The summed E-state index contributed by atoms with van der Waals surface area (Å²) < 4.78 is 6.43. The van der Waals surface area contributed by atoms with Gasteiger partial charge in [-0.1, -0.05) is 43.3 Å². The Morgan fingerprint density at radius 3 is 2.73 bits per heavy atom. The van der Waals surface area contributed by atoms with Gasteiger partial charge in [-0.3, -0.25) is 4.79 Å². The van der Waals surface area contributed by atoms with Crippen LogP contribution in [0.1, 0.15) is 42.5 Å². The number of aromatic nitrogens is 2. The molecule has 1 aliphatic carbocycles. The van der Waals surface area contributed by atoms with Crippen LogP contribution in [0.25, 0.3) is 10.8 Å². The molecule has 0 N–H and O–H groups in total. The first kappa shape index (κ1) is 29.9. The summed E-state index contributed by atoms with van der Waals surface area (Å²) in [5, 5.41) is 12.1. The quantitative estimate of drug-likeness (QED) is 0.347. The third-order valence-corrected chi connectivity index (χ3v) is 9.73. The molecule has 3 atom stereocenters. The SMILES string of the molecule is C=CC(=O)N1CCN(c2nc(OC[C@H]3CCC[C@@H]3N(C)C)nc3c2CCN(c2cccc4cccc(C)c24)C3)C[C@@H]1CC#N. The Bertz CT molecular complexity index is 1580. The molecule has 2 aliphatic heterocycles. The molecule has 2 aromatic carbocycles. The molecule has 230 valence electrons. The van der Waals surface area contributed by atoms with Crippen molar-refractivity contribution in [1.29, 1.82) is 5.26 Å². The van der Waals surface area contributed by atoms with E-state index in [4.69, 9.17) is 14.7 Å². The number of nitriles is 1. The lowest BCUT2D eigenvalue weighted by atomic mass is 9.99. The minimum atomic E-state index is -0.229. The highest BCUT2D eigenvalue weighted by molar-refractivity contribution is 5.97. The Kier molecular flexibility index (Phi) is 8.72.